The minimum Gasteiger partial charge on any atom is -0.544 e. The van der Waals surface area contributed by atoms with Gasteiger partial charge in [-0.05, 0) is 24.3 Å². The lowest BCUT2D eigenvalue weighted by atomic mass is 10.2. The molecule has 0 saturated heterocycles. The van der Waals surface area contributed by atoms with Crippen LogP contribution in [0.3, 0.4) is 0 Å². The van der Waals surface area contributed by atoms with Crippen LogP contribution < -0.4 is 21.5 Å². The van der Waals surface area contributed by atoms with Crippen molar-refractivity contribution in [2.45, 2.75) is 12.5 Å². The summed E-state index contributed by atoms with van der Waals surface area (Å²) in [5.74, 6) is -1.59. The number of carboxylic acids is 1. The van der Waals surface area contributed by atoms with Crippen molar-refractivity contribution in [1.29, 1.82) is 0 Å². The van der Waals surface area contributed by atoms with Crippen LogP contribution in [0.15, 0.2) is 24.3 Å². The minimum atomic E-state index is -1.27. The van der Waals surface area contributed by atoms with Crippen molar-refractivity contribution in [3.63, 3.8) is 0 Å². The number of nitrogens with two attached hydrogens (primary N) is 1. The first-order chi connectivity index (χ1) is 9.02. The average molecular weight is 268 g/mol. The van der Waals surface area contributed by atoms with Crippen molar-refractivity contribution in [3.8, 4) is 5.75 Å². The van der Waals surface area contributed by atoms with Crippen molar-refractivity contribution in [2.75, 3.05) is 18.4 Å². The molecule has 7 N–H and O–H groups in total. The minimum absolute atomic E-state index is 0.0920. The van der Waals surface area contributed by atoms with Gasteiger partial charge in [0, 0.05) is 5.69 Å². The fourth-order valence-corrected chi connectivity index (χ4v) is 1.54. The molecule has 7 heteroatoms. The van der Waals surface area contributed by atoms with Crippen LogP contribution in [0, 0.1) is 0 Å². The van der Waals surface area contributed by atoms with Gasteiger partial charge in [0.05, 0.1) is 12.4 Å². The smallest absolute Gasteiger partial charge is 0.230 e. The van der Waals surface area contributed by atoms with E-state index in [-0.39, 0.29) is 12.2 Å². The van der Waals surface area contributed by atoms with Gasteiger partial charge in [0.25, 0.3) is 0 Å². The third kappa shape index (κ3) is 5.36. The molecule has 104 valence electrons. The summed E-state index contributed by atoms with van der Waals surface area (Å²) >= 11 is 0. The van der Waals surface area contributed by atoms with Gasteiger partial charge in [-0.15, -0.1) is 0 Å². The van der Waals surface area contributed by atoms with E-state index in [1.807, 2.05) is 0 Å². The number of quaternary nitrogens is 2. The number of rotatable bonds is 7. The van der Waals surface area contributed by atoms with E-state index in [0.717, 1.165) is 0 Å². The van der Waals surface area contributed by atoms with Gasteiger partial charge in [0.2, 0.25) is 5.91 Å². The maximum absolute atomic E-state index is 11.7. The summed E-state index contributed by atoms with van der Waals surface area (Å²) in [7, 11) is 0. The van der Waals surface area contributed by atoms with Gasteiger partial charge in [-0.1, -0.05) is 0 Å². The summed E-state index contributed by atoms with van der Waals surface area (Å²) in [5, 5.41) is 24.0. The van der Waals surface area contributed by atoms with E-state index < -0.39 is 17.9 Å². The number of benzene rings is 1. The highest BCUT2D eigenvalue weighted by Crippen LogP contribution is 2.13. The molecule has 0 saturated carbocycles. The molecule has 1 rings (SSSR count). The zero-order valence-electron chi connectivity index (χ0n) is 10.5. The number of phenolic OH excluding ortho intramolecular Hbond substituents is 1. The number of amides is 1. The maximum atomic E-state index is 11.7. The summed E-state index contributed by atoms with van der Waals surface area (Å²) in [4.78, 5) is 22.5. The molecule has 1 aromatic rings. The molecule has 0 bridgehead atoms. The van der Waals surface area contributed by atoms with Gasteiger partial charge in [0.1, 0.15) is 24.9 Å². The summed E-state index contributed by atoms with van der Waals surface area (Å²) in [6, 6.07) is 5.00. The normalized spacial score (nSPS) is 11.8. The Bertz CT molecular complexity index is 433. The van der Waals surface area contributed by atoms with Gasteiger partial charge in [0.15, 0.2) is 0 Å². The van der Waals surface area contributed by atoms with Gasteiger partial charge < -0.3 is 31.4 Å². The van der Waals surface area contributed by atoms with Crippen LogP contribution in [0.2, 0.25) is 0 Å². The second-order valence-corrected chi connectivity index (χ2v) is 4.10. The van der Waals surface area contributed by atoms with Crippen LogP contribution in [0.25, 0.3) is 0 Å². The van der Waals surface area contributed by atoms with Gasteiger partial charge in [-0.25, -0.2) is 0 Å². The number of aromatic hydroxyl groups is 1. The molecule has 0 fully saturated rings. The Hall–Kier alpha value is -2.12. The van der Waals surface area contributed by atoms with E-state index in [1.54, 1.807) is 0 Å². The molecule has 1 amide bonds. The fourth-order valence-electron chi connectivity index (χ4n) is 1.54. The molecule has 1 atom stereocenters. The zero-order valence-corrected chi connectivity index (χ0v) is 10.5. The van der Waals surface area contributed by atoms with Gasteiger partial charge in [-0.3, -0.25) is 4.79 Å². The summed E-state index contributed by atoms with van der Waals surface area (Å²) < 4.78 is 0. The van der Waals surface area contributed by atoms with Crippen LogP contribution >= 0.6 is 0 Å². The molecule has 0 aromatic heterocycles. The van der Waals surface area contributed by atoms with Crippen LogP contribution in [0.1, 0.15) is 6.42 Å². The summed E-state index contributed by atoms with van der Waals surface area (Å²) in [5.41, 5.74) is 4.10. The molecule has 0 aliphatic heterocycles. The maximum Gasteiger partial charge on any atom is 0.230 e. The third-order valence-electron chi connectivity index (χ3n) is 2.51. The van der Waals surface area contributed by atoms with Crippen LogP contribution in [0.4, 0.5) is 5.69 Å². The molecule has 0 aliphatic carbocycles. The number of nitrogens with one attached hydrogen (secondary N) is 1. The van der Waals surface area contributed by atoms with Crippen LogP contribution in [-0.2, 0) is 9.59 Å². The Kier molecular flexibility index (Phi) is 5.77. The first kappa shape index (κ1) is 14.9. The van der Waals surface area contributed by atoms with Crippen molar-refractivity contribution in [1.82, 2.24) is 0 Å². The van der Waals surface area contributed by atoms with Crippen molar-refractivity contribution in [2.24, 2.45) is 0 Å². The van der Waals surface area contributed by atoms with E-state index in [1.165, 1.54) is 29.6 Å². The third-order valence-corrected chi connectivity index (χ3v) is 2.51. The number of carbonyl (C=O) groups is 2. The Balaban J connectivity index is 2.52. The molecule has 0 radical (unpaired) electrons. The molecule has 0 heterocycles. The van der Waals surface area contributed by atoms with E-state index in [2.05, 4.69) is 11.1 Å². The number of anilines is 1. The largest absolute Gasteiger partial charge is 0.544 e. The topological polar surface area (TPSA) is 134 Å². The molecule has 1 aromatic carbocycles. The van der Waals surface area contributed by atoms with E-state index in [0.29, 0.717) is 18.8 Å². The number of hydrogen-bond donors (Lipinski definition) is 4. The average Bonchev–Trinajstić information content (AvgIpc) is 2.37. The molecule has 0 unspecified atom stereocenters. The molecule has 0 spiro atoms. The predicted molar refractivity (Wildman–Crippen MR) is 64.7 cm³/mol. The van der Waals surface area contributed by atoms with Crippen LogP contribution in [-0.4, -0.2) is 36.1 Å². The van der Waals surface area contributed by atoms with Crippen molar-refractivity contribution >= 4 is 17.6 Å². The lowest BCUT2D eigenvalue weighted by Gasteiger charge is -2.15. The van der Waals surface area contributed by atoms with Crippen molar-refractivity contribution in [3.05, 3.63) is 24.3 Å². The number of phenols is 1. The van der Waals surface area contributed by atoms with E-state index in [4.69, 9.17) is 5.11 Å². The number of hydrogen-bond acceptors (Lipinski definition) is 4. The fraction of sp³-hybridized carbons (Fsp3) is 0.333. The van der Waals surface area contributed by atoms with Gasteiger partial charge >= 0.3 is 0 Å². The molecular weight excluding hydrogens is 250 g/mol. The highest BCUT2D eigenvalue weighted by molar-refractivity contribution is 5.93. The Labute approximate surface area is 110 Å². The summed E-state index contributed by atoms with van der Waals surface area (Å²) in [6.45, 7) is 1.09. The highest BCUT2D eigenvalue weighted by Gasteiger charge is 2.18. The van der Waals surface area contributed by atoms with Crippen LogP contribution in [0.5, 0.6) is 5.75 Å². The number of aliphatic carboxylic acids is 1. The molecule has 0 aliphatic rings. The monoisotopic (exact) mass is 268 g/mol. The lowest BCUT2D eigenvalue weighted by Crippen LogP contribution is -2.95. The highest BCUT2D eigenvalue weighted by atomic mass is 16.4. The summed E-state index contributed by atoms with van der Waals surface area (Å²) in [6.07, 6.45) is -0.177. The van der Waals surface area contributed by atoms with Gasteiger partial charge in [-0.2, -0.15) is 0 Å². The second-order valence-electron chi connectivity index (χ2n) is 4.10. The molecule has 7 nitrogen and oxygen atoms in total. The Morgan fingerprint density at radius 2 is 2.00 bits per heavy atom. The van der Waals surface area contributed by atoms with E-state index >= 15 is 0 Å². The second kappa shape index (κ2) is 7.34. The SMILES string of the molecule is [NH3+]CC[NH2+][C@H](CC(=O)Nc1ccc(O)cc1)C(=O)[O-]. The lowest BCUT2D eigenvalue weighted by molar-refractivity contribution is -0.695. The zero-order chi connectivity index (χ0) is 14.3. The number of carbonyl (C=O) groups excluding carboxylic acids is 2. The Morgan fingerprint density at radius 1 is 1.37 bits per heavy atom. The number of carboxylic acid groups (broad SMARTS) is 1. The molecular formula is C12H18N3O4+. The quantitative estimate of drug-likeness (QED) is 0.384. The van der Waals surface area contributed by atoms with E-state index in [9.17, 15) is 14.7 Å². The first-order valence-corrected chi connectivity index (χ1v) is 5.95. The predicted octanol–water partition coefficient (Wildman–Crippen LogP) is -3.36. The standard InChI is InChI=1S/C12H17N3O4/c13-5-6-14-10(12(18)19)7-11(17)15-8-1-3-9(16)4-2-8/h1-4,10,14,16H,5-7,13H2,(H,15,17)(H,18,19)/p+1/t10-/m1/s1. The molecule has 19 heavy (non-hydrogen) atoms. The van der Waals surface area contributed by atoms with Crippen molar-refractivity contribution < 1.29 is 30.9 Å². The Morgan fingerprint density at radius 3 is 2.53 bits per heavy atom. The first-order valence-electron chi connectivity index (χ1n) is 5.95.